The number of carbonyl (C=O) groups is 1. The summed E-state index contributed by atoms with van der Waals surface area (Å²) in [5.41, 5.74) is -0.842. The van der Waals surface area contributed by atoms with Gasteiger partial charge in [-0.25, -0.2) is 0 Å². The summed E-state index contributed by atoms with van der Waals surface area (Å²) in [6, 6.07) is 2.72. The summed E-state index contributed by atoms with van der Waals surface area (Å²) in [5, 5.41) is 9.12. The van der Waals surface area contributed by atoms with Gasteiger partial charge in [0, 0.05) is 19.1 Å². The number of hydrogen-bond donors (Lipinski definition) is 0. The molecule has 1 rings (SSSR count). The molecule has 1 aliphatic heterocycles. The number of rotatable bonds is 3. The van der Waals surface area contributed by atoms with Crippen molar-refractivity contribution in [3.8, 4) is 6.07 Å². The molecule has 0 aromatic rings. The highest BCUT2D eigenvalue weighted by atomic mass is 16.2. The Hall–Kier alpha value is -1.08. The maximum absolute atomic E-state index is 12.2. The van der Waals surface area contributed by atoms with E-state index in [0.717, 1.165) is 25.9 Å². The van der Waals surface area contributed by atoms with Crippen LogP contribution in [0.1, 0.15) is 33.1 Å². The molecule has 0 aromatic carbocycles. The van der Waals surface area contributed by atoms with Crippen LogP contribution in [0.4, 0.5) is 0 Å². The van der Waals surface area contributed by atoms with Crippen LogP contribution in [0.2, 0.25) is 0 Å². The van der Waals surface area contributed by atoms with Crippen LogP contribution in [0.3, 0.4) is 0 Å². The molecule has 0 radical (unpaired) electrons. The zero-order chi connectivity index (χ0) is 13.1. The van der Waals surface area contributed by atoms with Crippen LogP contribution < -0.4 is 0 Å². The summed E-state index contributed by atoms with van der Waals surface area (Å²) < 4.78 is 0. The Bertz CT molecular complexity index is 313. The summed E-state index contributed by atoms with van der Waals surface area (Å²) in [4.78, 5) is 16.3. The van der Waals surface area contributed by atoms with Crippen molar-refractivity contribution in [3.05, 3.63) is 0 Å². The second kappa shape index (κ2) is 5.50. The van der Waals surface area contributed by atoms with Crippen LogP contribution >= 0.6 is 0 Å². The summed E-state index contributed by atoms with van der Waals surface area (Å²) in [6.07, 6.45) is 2.59. The van der Waals surface area contributed by atoms with Crippen molar-refractivity contribution in [2.45, 2.75) is 39.2 Å². The van der Waals surface area contributed by atoms with Gasteiger partial charge in [-0.1, -0.05) is 6.92 Å². The van der Waals surface area contributed by atoms with E-state index in [1.54, 1.807) is 6.92 Å². The van der Waals surface area contributed by atoms with Crippen molar-refractivity contribution in [3.63, 3.8) is 0 Å². The third-order valence-corrected chi connectivity index (χ3v) is 3.91. The van der Waals surface area contributed by atoms with Crippen LogP contribution in [0.15, 0.2) is 0 Å². The number of nitrogens with zero attached hydrogens (tertiary/aromatic N) is 3. The Labute approximate surface area is 104 Å². The van der Waals surface area contributed by atoms with E-state index in [4.69, 9.17) is 5.26 Å². The van der Waals surface area contributed by atoms with Gasteiger partial charge < -0.3 is 9.80 Å². The van der Waals surface area contributed by atoms with Gasteiger partial charge in [0.05, 0.1) is 6.07 Å². The Balaban J connectivity index is 2.61. The SMILES string of the molecule is CCC(C)(C#N)C(=O)N1CCC(N(C)C)CC1. The molecule has 4 heteroatoms. The number of amides is 1. The smallest absolute Gasteiger partial charge is 0.242 e. The second-order valence-corrected chi connectivity index (χ2v) is 5.28. The molecule has 0 bridgehead atoms. The number of likely N-dealkylation sites (tertiary alicyclic amines) is 1. The first-order valence-corrected chi connectivity index (χ1v) is 6.31. The molecule has 1 unspecified atom stereocenters. The highest BCUT2D eigenvalue weighted by Crippen LogP contribution is 2.25. The van der Waals surface area contributed by atoms with E-state index < -0.39 is 5.41 Å². The van der Waals surface area contributed by atoms with E-state index in [-0.39, 0.29) is 5.91 Å². The zero-order valence-corrected chi connectivity index (χ0v) is 11.4. The van der Waals surface area contributed by atoms with Crippen molar-refractivity contribution in [2.75, 3.05) is 27.2 Å². The molecule has 1 saturated heterocycles. The van der Waals surface area contributed by atoms with Gasteiger partial charge in [-0.3, -0.25) is 4.79 Å². The first kappa shape index (κ1) is 14.0. The van der Waals surface area contributed by atoms with Gasteiger partial charge in [-0.05, 0) is 40.3 Å². The molecule has 96 valence electrons. The molecule has 0 aliphatic carbocycles. The lowest BCUT2D eigenvalue weighted by atomic mass is 9.87. The number of hydrogen-bond acceptors (Lipinski definition) is 3. The standard InChI is InChI=1S/C13H23N3O/c1-5-13(2,10-14)12(17)16-8-6-11(7-9-16)15(3)4/h11H,5-9H2,1-4H3. The maximum Gasteiger partial charge on any atom is 0.242 e. The molecule has 0 aromatic heterocycles. The van der Waals surface area contributed by atoms with E-state index in [1.165, 1.54) is 0 Å². The fourth-order valence-corrected chi connectivity index (χ4v) is 2.21. The molecule has 0 N–H and O–H groups in total. The minimum Gasteiger partial charge on any atom is -0.341 e. The second-order valence-electron chi connectivity index (χ2n) is 5.28. The van der Waals surface area contributed by atoms with Crippen molar-refractivity contribution in [1.82, 2.24) is 9.80 Å². The maximum atomic E-state index is 12.2. The lowest BCUT2D eigenvalue weighted by molar-refractivity contribution is -0.140. The first-order chi connectivity index (χ1) is 7.94. The topological polar surface area (TPSA) is 47.3 Å². The van der Waals surface area contributed by atoms with E-state index in [1.807, 2.05) is 11.8 Å². The minimum absolute atomic E-state index is 0.000272. The third-order valence-electron chi connectivity index (χ3n) is 3.91. The summed E-state index contributed by atoms with van der Waals surface area (Å²) >= 11 is 0. The van der Waals surface area contributed by atoms with Crippen molar-refractivity contribution < 1.29 is 4.79 Å². The molecule has 1 atom stereocenters. The fourth-order valence-electron chi connectivity index (χ4n) is 2.21. The average molecular weight is 237 g/mol. The van der Waals surface area contributed by atoms with E-state index in [0.29, 0.717) is 12.5 Å². The van der Waals surface area contributed by atoms with Gasteiger partial charge in [0.15, 0.2) is 0 Å². The monoisotopic (exact) mass is 237 g/mol. The van der Waals surface area contributed by atoms with Crippen LogP contribution in [0.25, 0.3) is 0 Å². The van der Waals surface area contributed by atoms with Crippen LogP contribution in [0, 0.1) is 16.7 Å². The zero-order valence-electron chi connectivity index (χ0n) is 11.4. The number of nitriles is 1. The molecule has 1 heterocycles. The first-order valence-electron chi connectivity index (χ1n) is 6.31. The molecule has 17 heavy (non-hydrogen) atoms. The minimum atomic E-state index is -0.842. The molecule has 0 saturated carbocycles. The van der Waals surface area contributed by atoms with E-state index >= 15 is 0 Å². The lowest BCUT2D eigenvalue weighted by Gasteiger charge is -2.37. The highest BCUT2D eigenvalue weighted by molar-refractivity contribution is 5.85. The summed E-state index contributed by atoms with van der Waals surface area (Å²) in [7, 11) is 4.15. The quantitative estimate of drug-likeness (QED) is 0.747. The number of carbonyl (C=O) groups excluding carboxylic acids is 1. The summed E-state index contributed by atoms with van der Waals surface area (Å²) in [6.45, 7) is 5.19. The van der Waals surface area contributed by atoms with Gasteiger partial charge in [-0.2, -0.15) is 5.26 Å². The van der Waals surface area contributed by atoms with Crippen LogP contribution in [-0.2, 0) is 4.79 Å². The predicted molar refractivity (Wildman–Crippen MR) is 67.3 cm³/mol. The highest BCUT2D eigenvalue weighted by Gasteiger charge is 2.36. The molecule has 0 spiro atoms. The fraction of sp³-hybridized carbons (Fsp3) is 0.846. The van der Waals surface area contributed by atoms with Gasteiger partial charge in [0.2, 0.25) is 5.91 Å². The van der Waals surface area contributed by atoms with Crippen molar-refractivity contribution in [2.24, 2.45) is 5.41 Å². The van der Waals surface area contributed by atoms with Crippen LogP contribution in [-0.4, -0.2) is 48.9 Å². The van der Waals surface area contributed by atoms with Gasteiger partial charge >= 0.3 is 0 Å². The van der Waals surface area contributed by atoms with E-state index in [2.05, 4.69) is 25.1 Å². The molecule has 1 fully saturated rings. The predicted octanol–water partition coefficient (Wildman–Crippen LogP) is 1.48. The third kappa shape index (κ3) is 2.98. The van der Waals surface area contributed by atoms with Gasteiger partial charge in [-0.15, -0.1) is 0 Å². The number of piperidine rings is 1. The van der Waals surface area contributed by atoms with Crippen molar-refractivity contribution in [1.29, 1.82) is 5.26 Å². The Morgan fingerprint density at radius 1 is 1.47 bits per heavy atom. The molecular weight excluding hydrogens is 214 g/mol. The Morgan fingerprint density at radius 3 is 2.35 bits per heavy atom. The molecular formula is C13H23N3O. The average Bonchev–Trinajstić information content (AvgIpc) is 2.37. The lowest BCUT2D eigenvalue weighted by Crippen LogP contribution is -2.48. The summed E-state index contributed by atoms with van der Waals surface area (Å²) in [5.74, 6) is -0.000272. The molecule has 1 aliphatic rings. The van der Waals surface area contributed by atoms with Crippen LogP contribution in [0.5, 0.6) is 0 Å². The Morgan fingerprint density at radius 2 is 2.00 bits per heavy atom. The largest absolute Gasteiger partial charge is 0.341 e. The molecule has 4 nitrogen and oxygen atoms in total. The van der Waals surface area contributed by atoms with Gasteiger partial charge in [0.1, 0.15) is 5.41 Å². The van der Waals surface area contributed by atoms with Crippen molar-refractivity contribution >= 4 is 5.91 Å². The normalized spacial score (nSPS) is 21.1. The van der Waals surface area contributed by atoms with Gasteiger partial charge in [0.25, 0.3) is 0 Å². The van der Waals surface area contributed by atoms with E-state index in [9.17, 15) is 4.79 Å². The Kier molecular flexibility index (Phi) is 4.53. The molecule has 1 amide bonds.